The molecular formula is C20H18N2O3S. The van der Waals surface area contributed by atoms with Crippen LogP contribution < -0.4 is 10.9 Å². The third-order valence-corrected chi connectivity index (χ3v) is 5.56. The summed E-state index contributed by atoms with van der Waals surface area (Å²) in [6.07, 6.45) is 0.788. The summed E-state index contributed by atoms with van der Waals surface area (Å²) < 4.78 is 1.71. The van der Waals surface area contributed by atoms with Gasteiger partial charge in [0.05, 0.1) is 17.9 Å². The van der Waals surface area contributed by atoms with Gasteiger partial charge < -0.3 is 15.0 Å². The van der Waals surface area contributed by atoms with Crippen molar-refractivity contribution in [1.29, 1.82) is 0 Å². The Kier molecular flexibility index (Phi) is 4.44. The molecule has 5 nitrogen and oxygen atoms in total. The van der Waals surface area contributed by atoms with Crippen LogP contribution >= 0.6 is 11.3 Å². The number of benzene rings is 1. The maximum absolute atomic E-state index is 13.1. The van der Waals surface area contributed by atoms with Gasteiger partial charge in [0.2, 0.25) is 0 Å². The predicted molar refractivity (Wildman–Crippen MR) is 103 cm³/mol. The topological polar surface area (TPSA) is 71.3 Å². The summed E-state index contributed by atoms with van der Waals surface area (Å²) in [6, 6.07) is 13.0. The minimum atomic E-state index is -0.279. The third-order valence-electron chi connectivity index (χ3n) is 4.58. The molecule has 2 N–H and O–H groups in total. The molecule has 1 aliphatic rings. The normalized spacial score (nSPS) is 12.3. The van der Waals surface area contributed by atoms with E-state index in [1.807, 2.05) is 41.8 Å². The van der Waals surface area contributed by atoms with E-state index >= 15 is 0 Å². The standard InChI is InChI=1S/C20H18N2O3S/c23-10-8-21-19(24)16-12-15(13-4-2-1-3-5-13)20(25)22-9-6-17-14(18(16)22)7-11-26-17/h1-5,7,11-12,23H,6,8-10H2,(H,21,24). The Morgan fingerprint density at radius 3 is 2.77 bits per heavy atom. The first-order valence-electron chi connectivity index (χ1n) is 8.49. The molecule has 0 radical (unpaired) electrons. The van der Waals surface area contributed by atoms with Crippen molar-refractivity contribution < 1.29 is 9.90 Å². The van der Waals surface area contributed by atoms with Crippen LogP contribution in [0.3, 0.4) is 0 Å². The van der Waals surface area contributed by atoms with Gasteiger partial charge in [-0.05, 0) is 23.1 Å². The first-order valence-corrected chi connectivity index (χ1v) is 9.37. The number of aryl methyl sites for hydroxylation is 1. The summed E-state index contributed by atoms with van der Waals surface area (Å²) >= 11 is 1.65. The van der Waals surface area contributed by atoms with Crippen molar-refractivity contribution in [3.05, 3.63) is 68.6 Å². The van der Waals surface area contributed by atoms with Crippen molar-refractivity contribution in [2.75, 3.05) is 13.2 Å². The number of amides is 1. The number of pyridine rings is 1. The van der Waals surface area contributed by atoms with Gasteiger partial charge in [-0.1, -0.05) is 30.3 Å². The van der Waals surface area contributed by atoms with E-state index in [1.54, 1.807) is 22.0 Å². The molecular weight excluding hydrogens is 348 g/mol. The van der Waals surface area contributed by atoms with Crippen molar-refractivity contribution in [2.45, 2.75) is 13.0 Å². The molecule has 3 heterocycles. The molecule has 1 aromatic carbocycles. The monoisotopic (exact) mass is 366 g/mol. The minimum Gasteiger partial charge on any atom is -0.395 e. The molecule has 0 atom stereocenters. The fourth-order valence-electron chi connectivity index (χ4n) is 3.39. The van der Waals surface area contributed by atoms with Crippen LogP contribution in [0, 0.1) is 0 Å². The van der Waals surface area contributed by atoms with E-state index < -0.39 is 0 Å². The van der Waals surface area contributed by atoms with Crippen molar-refractivity contribution in [3.8, 4) is 22.4 Å². The lowest BCUT2D eigenvalue weighted by atomic mass is 9.96. The van der Waals surface area contributed by atoms with E-state index in [-0.39, 0.29) is 24.6 Å². The Bertz CT molecular complexity index is 1020. The molecule has 2 aromatic heterocycles. The van der Waals surface area contributed by atoms with Crippen molar-refractivity contribution in [3.63, 3.8) is 0 Å². The molecule has 4 rings (SSSR count). The quantitative estimate of drug-likeness (QED) is 0.745. The summed E-state index contributed by atoms with van der Waals surface area (Å²) in [5.74, 6) is -0.279. The largest absolute Gasteiger partial charge is 0.395 e. The van der Waals surface area contributed by atoms with Gasteiger partial charge in [-0.2, -0.15) is 0 Å². The lowest BCUT2D eigenvalue weighted by molar-refractivity contribution is 0.0944. The summed E-state index contributed by atoms with van der Waals surface area (Å²) in [6.45, 7) is 0.604. The molecule has 6 heteroatoms. The van der Waals surface area contributed by atoms with Gasteiger partial charge in [-0.3, -0.25) is 9.59 Å². The second kappa shape index (κ2) is 6.90. The number of rotatable bonds is 4. The van der Waals surface area contributed by atoms with Crippen LogP contribution in [-0.2, 0) is 13.0 Å². The number of nitrogens with zero attached hydrogens (tertiary/aromatic N) is 1. The lowest BCUT2D eigenvalue weighted by Crippen LogP contribution is -2.33. The number of aliphatic hydroxyl groups is 1. The minimum absolute atomic E-state index is 0.0817. The smallest absolute Gasteiger partial charge is 0.258 e. The highest BCUT2D eigenvalue weighted by Crippen LogP contribution is 2.35. The molecule has 0 spiro atoms. The number of carbonyl (C=O) groups excluding carboxylic acids is 1. The molecule has 0 saturated carbocycles. The van der Waals surface area contributed by atoms with E-state index in [0.29, 0.717) is 23.4 Å². The number of carbonyl (C=O) groups is 1. The zero-order valence-electron chi connectivity index (χ0n) is 14.1. The number of hydrogen-bond donors (Lipinski definition) is 2. The third kappa shape index (κ3) is 2.77. The summed E-state index contributed by atoms with van der Waals surface area (Å²) in [5, 5.41) is 13.7. The van der Waals surface area contributed by atoms with Crippen molar-refractivity contribution in [2.24, 2.45) is 0 Å². The Morgan fingerprint density at radius 2 is 2.00 bits per heavy atom. The average molecular weight is 366 g/mol. The number of aliphatic hydroxyl groups excluding tert-OH is 1. The molecule has 0 unspecified atom stereocenters. The number of hydrogen-bond acceptors (Lipinski definition) is 4. The number of fused-ring (bicyclic) bond motifs is 3. The van der Waals surface area contributed by atoms with Crippen LogP contribution in [0.2, 0.25) is 0 Å². The van der Waals surface area contributed by atoms with E-state index in [0.717, 1.165) is 17.5 Å². The second-order valence-corrected chi connectivity index (χ2v) is 7.13. The molecule has 0 saturated heterocycles. The van der Waals surface area contributed by atoms with Crippen LogP contribution in [0.4, 0.5) is 0 Å². The van der Waals surface area contributed by atoms with Crippen LogP contribution in [0.15, 0.2) is 52.6 Å². The molecule has 0 aliphatic carbocycles. The van der Waals surface area contributed by atoms with Crippen LogP contribution in [0.25, 0.3) is 22.4 Å². The number of nitrogens with one attached hydrogen (secondary N) is 1. The molecule has 0 bridgehead atoms. The second-order valence-electron chi connectivity index (χ2n) is 6.13. The van der Waals surface area contributed by atoms with Gasteiger partial charge in [0.15, 0.2) is 0 Å². The lowest BCUT2D eigenvalue weighted by Gasteiger charge is -2.23. The van der Waals surface area contributed by atoms with E-state index in [2.05, 4.69) is 5.32 Å². The number of thiophene rings is 1. The average Bonchev–Trinajstić information content (AvgIpc) is 3.16. The molecule has 3 aromatic rings. The number of aromatic nitrogens is 1. The Balaban J connectivity index is 1.97. The molecule has 1 aliphatic heterocycles. The fourth-order valence-corrected chi connectivity index (χ4v) is 4.26. The Morgan fingerprint density at radius 1 is 1.19 bits per heavy atom. The highest BCUT2D eigenvalue weighted by atomic mass is 32.1. The zero-order valence-corrected chi connectivity index (χ0v) is 14.9. The molecule has 132 valence electrons. The van der Waals surface area contributed by atoms with Crippen molar-refractivity contribution >= 4 is 17.2 Å². The predicted octanol–water partition coefficient (Wildman–Crippen LogP) is 2.52. The fraction of sp³-hybridized carbons (Fsp3) is 0.200. The van der Waals surface area contributed by atoms with Gasteiger partial charge in [0.25, 0.3) is 11.5 Å². The first-order chi connectivity index (χ1) is 12.7. The van der Waals surface area contributed by atoms with Crippen LogP contribution in [0.1, 0.15) is 15.2 Å². The SMILES string of the molecule is O=C(NCCO)c1cc(-c2ccccc2)c(=O)n2c1-c1ccsc1CC2. The summed E-state index contributed by atoms with van der Waals surface area (Å²) in [5.41, 5.74) is 3.32. The maximum atomic E-state index is 13.1. The molecule has 0 fully saturated rings. The zero-order chi connectivity index (χ0) is 18.1. The van der Waals surface area contributed by atoms with Crippen molar-refractivity contribution in [1.82, 2.24) is 9.88 Å². The summed E-state index contributed by atoms with van der Waals surface area (Å²) in [4.78, 5) is 27.1. The Labute approximate surface area is 154 Å². The maximum Gasteiger partial charge on any atom is 0.258 e. The molecule has 1 amide bonds. The van der Waals surface area contributed by atoms with Crippen LogP contribution in [-0.4, -0.2) is 28.7 Å². The van der Waals surface area contributed by atoms with Crippen LogP contribution in [0.5, 0.6) is 0 Å². The van der Waals surface area contributed by atoms with E-state index in [9.17, 15) is 9.59 Å². The van der Waals surface area contributed by atoms with E-state index in [1.165, 1.54) is 4.88 Å². The molecule has 26 heavy (non-hydrogen) atoms. The van der Waals surface area contributed by atoms with Gasteiger partial charge in [-0.25, -0.2) is 0 Å². The van der Waals surface area contributed by atoms with Gasteiger partial charge in [0, 0.05) is 35.5 Å². The Hall–Kier alpha value is -2.70. The van der Waals surface area contributed by atoms with Gasteiger partial charge in [0.1, 0.15) is 0 Å². The van der Waals surface area contributed by atoms with E-state index in [4.69, 9.17) is 5.11 Å². The van der Waals surface area contributed by atoms with Gasteiger partial charge in [-0.15, -0.1) is 11.3 Å². The highest BCUT2D eigenvalue weighted by Gasteiger charge is 2.26. The van der Waals surface area contributed by atoms with Gasteiger partial charge >= 0.3 is 0 Å². The summed E-state index contributed by atoms with van der Waals surface area (Å²) in [7, 11) is 0. The first kappa shape index (κ1) is 16.8. The highest BCUT2D eigenvalue weighted by molar-refractivity contribution is 7.10.